The molecule has 114 valence electrons. The van der Waals surface area contributed by atoms with Gasteiger partial charge in [0.25, 0.3) is 0 Å². The molecule has 5 heteroatoms. The molecule has 1 fully saturated rings. The van der Waals surface area contributed by atoms with Gasteiger partial charge in [-0.25, -0.2) is 0 Å². The highest BCUT2D eigenvalue weighted by atomic mass is 32.2. The van der Waals surface area contributed by atoms with E-state index in [2.05, 4.69) is 0 Å². The molecule has 1 aromatic rings. The quantitative estimate of drug-likeness (QED) is 0.867. The monoisotopic (exact) mass is 308 g/mol. The number of carbonyl (C=O) groups is 1. The first kappa shape index (κ1) is 15.9. The van der Waals surface area contributed by atoms with E-state index in [1.165, 1.54) is 7.11 Å². The highest BCUT2D eigenvalue weighted by Crippen LogP contribution is 2.34. The fourth-order valence-electron chi connectivity index (χ4n) is 2.31. The number of benzene rings is 1. The molecule has 2 rings (SSSR count). The van der Waals surface area contributed by atoms with Crippen molar-refractivity contribution in [3.63, 3.8) is 0 Å². The maximum absolute atomic E-state index is 11.7. The molecule has 0 spiro atoms. The number of methoxy groups -OCH3 is 2. The van der Waals surface area contributed by atoms with Gasteiger partial charge in [0.1, 0.15) is 5.75 Å². The number of rotatable bonds is 4. The molecule has 4 nitrogen and oxygen atoms in total. The predicted molar refractivity (Wildman–Crippen MR) is 84.5 cm³/mol. The summed E-state index contributed by atoms with van der Waals surface area (Å²) in [5, 5.41) is 9.84. The van der Waals surface area contributed by atoms with Crippen molar-refractivity contribution in [1.82, 2.24) is 0 Å². The molecule has 0 aliphatic carbocycles. The SMILES string of the molecule is COC(=O)C(C)c1ccc(/C=C2/SCCC2O)cc1OC. The zero-order valence-corrected chi connectivity index (χ0v) is 13.3. The topological polar surface area (TPSA) is 55.8 Å². The molecule has 1 aromatic carbocycles. The molecular formula is C16H20O4S. The summed E-state index contributed by atoms with van der Waals surface area (Å²) in [5.41, 5.74) is 1.75. The van der Waals surface area contributed by atoms with Crippen molar-refractivity contribution in [2.45, 2.75) is 25.4 Å². The van der Waals surface area contributed by atoms with E-state index >= 15 is 0 Å². The van der Waals surface area contributed by atoms with Gasteiger partial charge in [0.05, 0.1) is 26.2 Å². The standard InChI is InChI=1S/C16H20O4S/c1-10(16(18)20-3)12-5-4-11(8-14(12)19-2)9-15-13(17)6-7-21-15/h4-5,8-10,13,17H,6-7H2,1-3H3/b15-9+. The van der Waals surface area contributed by atoms with Crippen molar-refractivity contribution in [2.75, 3.05) is 20.0 Å². The Kier molecular flexibility index (Phi) is 5.31. The van der Waals surface area contributed by atoms with Crippen LogP contribution in [0.2, 0.25) is 0 Å². The summed E-state index contributed by atoms with van der Waals surface area (Å²) in [7, 11) is 2.96. The van der Waals surface area contributed by atoms with Gasteiger partial charge in [-0.3, -0.25) is 4.79 Å². The third-order valence-electron chi connectivity index (χ3n) is 3.58. The molecule has 2 unspecified atom stereocenters. The van der Waals surface area contributed by atoms with Gasteiger partial charge in [0, 0.05) is 16.2 Å². The molecule has 1 saturated heterocycles. The van der Waals surface area contributed by atoms with Crippen molar-refractivity contribution in [1.29, 1.82) is 0 Å². The van der Waals surface area contributed by atoms with Crippen LogP contribution in [0.3, 0.4) is 0 Å². The van der Waals surface area contributed by atoms with Gasteiger partial charge in [-0.1, -0.05) is 12.1 Å². The summed E-state index contributed by atoms with van der Waals surface area (Å²) < 4.78 is 10.2. The summed E-state index contributed by atoms with van der Waals surface area (Å²) in [6.45, 7) is 1.79. The molecule has 0 bridgehead atoms. The van der Waals surface area contributed by atoms with Crippen LogP contribution < -0.4 is 4.74 Å². The summed E-state index contributed by atoms with van der Waals surface area (Å²) in [4.78, 5) is 12.6. The molecule has 1 heterocycles. The number of thioether (sulfide) groups is 1. The largest absolute Gasteiger partial charge is 0.496 e. The van der Waals surface area contributed by atoms with Gasteiger partial charge in [-0.05, 0) is 31.1 Å². The van der Waals surface area contributed by atoms with Crippen LogP contribution >= 0.6 is 11.8 Å². The third-order valence-corrected chi connectivity index (χ3v) is 4.74. The predicted octanol–water partition coefficient (Wildman–Crippen LogP) is 2.81. The summed E-state index contributed by atoms with van der Waals surface area (Å²) >= 11 is 1.67. The smallest absolute Gasteiger partial charge is 0.312 e. The van der Waals surface area contributed by atoms with Gasteiger partial charge in [0.2, 0.25) is 0 Å². The maximum atomic E-state index is 11.7. The van der Waals surface area contributed by atoms with Crippen LogP contribution in [0.5, 0.6) is 5.75 Å². The Balaban J connectivity index is 2.30. The van der Waals surface area contributed by atoms with Crippen LogP contribution in [-0.4, -0.2) is 37.2 Å². The fraction of sp³-hybridized carbons (Fsp3) is 0.438. The van der Waals surface area contributed by atoms with E-state index in [1.807, 2.05) is 24.3 Å². The molecule has 0 saturated carbocycles. The number of aliphatic hydroxyl groups is 1. The van der Waals surface area contributed by atoms with E-state index < -0.39 is 0 Å². The zero-order chi connectivity index (χ0) is 15.4. The Morgan fingerprint density at radius 2 is 2.24 bits per heavy atom. The average Bonchev–Trinajstić information content (AvgIpc) is 2.90. The third kappa shape index (κ3) is 3.60. The second-order valence-corrected chi connectivity index (χ2v) is 6.11. The average molecular weight is 308 g/mol. The summed E-state index contributed by atoms with van der Waals surface area (Å²) in [6.07, 6.45) is 2.40. The van der Waals surface area contributed by atoms with E-state index in [1.54, 1.807) is 25.8 Å². The molecule has 0 amide bonds. The lowest BCUT2D eigenvalue weighted by Gasteiger charge is -2.14. The lowest BCUT2D eigenvalue weighted by molar-refractivity contribution is -0.142. The molecule has 1 aliphatic rings. The first-order chi connectivity index (χ1) is 10.1. The first-order valence-electron chi connectivity index (χ1n) is 6.85. The van der Waals surface area contributed by atoms with E-state index in [-0.39, 0.29) is 18.0 Å². The molecule has 1 N–H and O–H groups in total. The minimum atomic E-state index is -0.377. The van der Waals surface area contributed by atoms with Gasteiger partial charge in [-0.2, -0.15) is 0 Å². The maximum Gasteiger partial charge on any atom is 0.312 e. The molecular weight excluding hydrogens is 288 g/mol. The van der Waals surface area contributed by atoms with Crippen molar-refractivity contribution < 1.29 is 19.4 Å². The Morgan fingerprint density at radius 1 is 1.48 bits per heavy atom. The van der Waals surface area contributed by atoms with E-state index in [4.69, 9.17) is 9.47 Å². The molecule has 2 atom stereocenters. The summed E-state index contributed by atoms with van der Waals surface area (Å²) in [6, 6.07) is 5.68. The number of aliphatic hydroxyl groups excluding tert-OH is 1. The number of hydrogen-bond acceptors (Lipinski definition) is 5. The van der Waals surface area contributed by atoms with Crippen molar-refractivity contribution in [2.24, 2.45) is 0 Å². The molecule has 21 heavy (non-hydrogen) atoms. The van der Waals surface area contributed by atoms with Gasteiger partial charge < -0.3 is 14.6 Å². The second kappa shape index (κ2) is 7.00. The number of hydrogen-bond donors (Lipinski definition) is 1. The van der Waals surface area contributed by atoms with Gasteiger partial charge in [0.15, 0.2) is 0 Å². The van der Waals surface area contributed by atoms with Crippen molar-refractivity contribution in [3.8, 4) is 5.75 Å². The van der Waals surface area contributed by atoms with Crippen LogP contribution in [0.4, 0.5) is 0 Å². The van der Waals surface area contributed by atoms with E-state index in [9.17, 15) is 9.90 Å². The number of ether oxygens (including phenoxy) is 2. The normalized spacial score (nSPS) is 21.3. The number of esters is 1. The van der Waals surface area contributed by atoms with Crippen LogP contribution in [0.15, 0.2) is 23.1 Å². The zero-order valence-electron chi connectivity index (χ0n) is 12.5. The van der Waals surface area contributed by atoms with E-state index in [0.717, 1.165) is 28.2 Å². The van der Waals surface area contributed by atoms with Crippen LogP contribution in [0.1, 0.15) is 30.4 Å². The fourth-order valence-corrected chi connectivity index (χ4v) is 3.41. The highest BCUT2D eigenvalue weighted by molar-refractivity contribution is 8.03. The Labute approximate surface area is 129 Å². The molecule has 0 aromatic heterocycles. The minimum absolute atomic E-state index is 0.291. The lowest BCUT2D eigenvalue weighted by Crippen LogP contribution is -2.12. The number of carbonyl (C=O) groups excluding carboxylic acids is 1. The van der Waals surface area contributed by atoms with Crippen LogP contribution in [0.25, 0.3) is 6.08 Å². The van der Waals surface area contributed by atoms with Gasteiger partial charge in [-0.15, -0.1) is 11.8 Å². The summed E-state index contributed by atoms with van der Waals surface area (Å²) in [5.74, 6) is 0.931. The van der Waals surface area contributed by atoms with Crippen LogP contribution in [0, 0.1) is 0 Å². The van der Waals surface area contributed by atoms with Gasteiger partial charge >= 0.3 is 5.97 Å². The van der Waals surface area contributed by atoms with Crippen molar-refractivity contribution >= 4 is 23.8 Å². The van der Waals surface area contributed by atoms with Crippen molar-refractivity contribution in [3.05, 3.63) is 34.2 Å². The second-order valence-electron chi connectivity index (χ2n) is 4.95. The molecule has 1 aliphatic heterocycles. The Hall–Kier alpha value is -1.46. The lowest BCUT2D eigenvalue weighted by atomic mass is 9.98. The molecule has 0 radical (unpaired) electrons. The Morgan fingerprint density at radius 3 is 2.81 bits per heavy atom. The van der Waals surface area contributed by atoms with Crippen LogP contribution in [-0.2, 0) is 9.53 Å². The Bertz CT molecular complexity index is 553. The minimum Gasteiger partial charge on any atom is -0.496 e. The van der Waals surface area contributed by atoms with E-state index in [0.29, 0.717) is 5.75 Å². The highest BCUT2D eigenvalue weighted by Gasteiger charge is 2.21. The first-order valence-corrected chi connectivity index (χ1v) is 7.83.